The molecule has 2 saturated carbocycles. The fraction of sp³-hybridized carbons (Fsp3) is 0.440. The topological polar surface area (TPSA) is 0 Å². The molecule has 0 N–H and O–H groups in total. The number of fused-ring (bicyclic) bond motifs is 1. The fourth-order valence-corrected chi connectivity index (χ4v) is 5.32. The molecule has 2 aliphatic rings. The van der Waals surface area contributed by atoms with E-state index in [9.17, 15) is 13.2 Å². The van der Waals surface area contributed by atoms with Gasteiger partial charge in [0, 0.05) is 5.56 Å². The third-order valence-electron chi connectivity index (χ3n) is 7.01. The van der Waals surface area contributed by atoms with Crippen molar-refractivity contribution in [2.24, 2.45) is 17.8 Å². The van der Waals surface area contributed by atoms with Gasteiger partial charge >= 0.3 is 0 Å². The van der Waals surface area contributed by atoms with Gasteiger partial charge in [-0.2, -0.15) is 0 Å². The van der Waals surface area contributed by atoms with E-state index in [1.54, 1.807) is 12.1 Å². The Morgan fingerprint density at radius 2 is 1.64 bits per heavy atom. The molecule has 4 atom stereocenters. The van der Waals surface area contributed by atoms with Crippen LogP contribution in [0.2, 0.25) is 0 Å². The summed E-state index contributed by atoms with van der Waals surface area (Å²) in [4.78, 5) is 0. The summed E-state index contributed by atoms with van der Waals surface area (Å²) in [6, 6.07) is 7.92. The summed E-state index contributed by atoms with van der Waals surface area (Å²) in [5.41, 5.74) is 1.47. The Bertz CT molecular complexity index is 886. The van der Waals surface area contributed by atoms with E-state index in [-0.39, 0.29) is 22.9 Å². The van der Waals surface area contributed by atoms with Crippen LogP contribution in [-0.2, 0) is 0 Å². The summed E-state index contributed by atoms with van der Waals surface area (Å²) in [6.45, 7) is 5.46. The lowest BCUT2D eigenvalue weighted by atomic mass is 9.64. The van der Waals surface area contributed by atoms with Crippen molar-refractivity contribution in [2.75, 3.05) is 0 Å². The number of halogens is 3. The maximum Gasteiger partial charge on any atom is 0.166 e. The molecule has 4 rings (SSSR count). The standard InChI is InChI=1S/C25H27F3/c1-3-16-5-6-18-13-19(8-7-17(18)12-16)21-11-9-20(14-23(21)26)22-10-4-15(2)24(27)25(22)28/h3-4,9-11,14,16-19H,1,5-8,12-13H2,2H3. The number of benzene rings is 2. The van der Waals surface area contributed by atoms with Gasteiger partial charge in [0.1, 0.15) is 5.82 Å². The third-order valence-corrected chi connectivity index (χ3v) is 7.01. The summed E-state index contributed by atoms with van der Waals surface area (Å²) in [5.74, 6) is 0.176. The van der Waals surface area contributed by atoms with Crippen LogP contribution < -0.4 is 0 Å². The molecule has 0 nitrogen and oxygen atoms in total. The number of aryl methyl sites for hydroxylation is 1. The molecule has 4 unspecified atom stereocenters. The van der Waals surface area contributed by atoms with Crippen LogP contribution in [0.3, 0.4) is 0 Å². The van der Waals surface area contributed by atoms with Gasteiger partial charge in [0.2, 0.25) is 0 Å². The van der Waals surface area contributed by atoms with Gasteiger partial charge in [-0.25, -0.2) is 13.2 Å². The molecule has 2 aromatic carbocycles. The Morgan fingerprint density at radius 1 is 0.893 bits per heavy atom. The van der Waals surface area contributed by atoms with Crippen LogP contribution in [0.25, 0.3) is 11.1 Å². The molecule has 28 heavy (non-hydrogen) atoms. The predicted molar refractivity (Wildman–Crippen MR) is 108 cm³/mol. The quantitative estimate of drug-likeness (QED) is 0.479. The zero-order valence-electron chi connectivity index (χ0n) is 16.4. The highest BCUT2D eigenvalue weighted by Gasteiger charge is 2.36. The SMILES string of the molecule is C=CC1CCC2CC(c3ccc(-c4ccc(C)c(F)c4F)cc3F)CCC2C1. The summed E-state index contributed by atoms with van der Waals surface area (Å²) in [5, 5.41) is 0. The Morgan fingerprint density at radius 3 is 2.39 bits per heavy atom. The number of hydrogen-bond donors (Lipinski definition) is 0. The van der Waals surface area contributed by atoms with E-state index in [4.69, 9.17) is 0 Å². The lowest BCUT2D eigenvalue weighted by molar-refractivity contribution is 0.132. The van der Waals surface area contributed by atoms with Crippen molar-refractivity contribution in [1.82, 2.24) is 0 Å². The molecule has 0 bridgehead atoms. The highest BCUT2D eigenvalue weighted by Crippen LogP contribution is 2.48. The van der Waals surface area contributed by atoms with Crippen molar-refractivity contribution in [2.45, 2.75) is 51.4 Å². The van der Waals surface area contributed by atoms with E-state index in [0.717, 1.165) is 30.7 Å². The second-order valence-corrected chi connectivity index (χ2v) is 8.63. The van der Waals surface area contributed by atoms with Crippen molar-refractivity contribution in [3.05, 3.63) is 71.6 Å². The molecule has 0 amide bonds. The minimum Gasteiger partial charge on any atom is -0.207 e. The summed E-state index contributed by atoms with van der Waals surface area (Å²) in [7, 11) is 0. The number of rotatable bonds is 3. The fourth-order valence-electron chi connectivity index (χ4n) is 5.32. The Kier molecular flexibility index (Phi) is 5.35. The van der Waals surface area contributed by atoms with Crippen molar-refractivity contribution >= 4 is 0 Å². The van der Waals surface area contributed by atoms with Crippen molar-refractivity contribution in [1.29, 1.82) is 0 Å². The molecule has 0 heterocycles. The number of allylic oxidation sites excluding steroid dienone is 1. The number of hydrogen-bond acceptors (Lipinski definition) is 0. The van der Waals surface area contributed by atoms with Crippen molar-refractivity contribution in [3.8, 4) is 11.1 Å². The van der Waals surface area contributed by atoms with Crippen LogP contribution in [-0.4, -0.2) is 0 Å². The monoisotopic (exact) mass is 384 g/mol. The molecular formula is C25H27F3. The first-order chi connectivity index (χ1) is 13.5. The zero-order chi connectivity index (χ0) is 19.8. The van der Waals surface area contributed by atoms with Gasteiger partial charge in [-0.15, -0.1) is 6.58 Å². The minimum absolute atomic E-state index is 0.111. The molecule has 0 radical (unpaired) electrons. The lowest BCUT2D eigenvalue weighted by Gasteiger charge is -2.41. The van der Waals surface area contributed by atoms with Gasteiger partial charge in [-0.1, -0.05) is 30.3 Å². The molecule has 2 fully saturated rings. The molecule has 3 heteroatoms. The van der Waals surface area contributed by atoms with Crippen LogP contribution in [0.1, 0.15) is 55.6 Å². The van der Waals surface area contributed by atoms with Crippen LogP contribution in [0, 0.1) is 42.1 Å². The molecule has 148 valence electrons. The van der Waals surface area contributed by atoms with E-state index in [0.29, 0.717) is 17.4 Å². The Labute approximate surface area is 165 Å². The predicted octanol–water partition coefficient (Wildman–Crippen LogP) is 7.57. The average molecular weight is 384 g/mol. The first kappa shape index (κ1) is 19.3. The van der Waals surface area contributed by atoms with Crippen molar-refractivity contribution < 1.29 is 13.2 Å². The van der Waals surface area contributed by atoms with Gasteiger partial charge in [0.15, 0.2) is 11.6 Å². The first-order valence-electron chi connectivity index (χ1n) is 10.3. The van der Waals surface area contributed by atoms with E-state index in [2.05, 4.69) is 12.7 Å². The zero-order valence-corrected chi connectivity index (χ0v) is 16.4. The molecule has 0 aliphatic heterocycles. The third kappa shape index (κ3) is 3.52. The maximum atomic E-state index is 14.9. The second kappa shape index (κ2) is 7.77. The minimum atomic E-state index is -0.911. The van der Waals surface area contributed by atoms with Gasteiger partial charge < -0.3 is 0 Å². The summed E-state index contributed by atoms with van der Waals surface area (Å²) >= 11 is 0. The maximum absolute atomic E-state index is 14.9. The van der Waals surface area contributed by atoms with Crippen LogP contribution in [0.15, 0.2) is 43.0 Å². The van der Waals surface area contributed by atoms with Gasteiger partial charge in [-0.3, -0.25) is 0 Å². The summed E-state index contributed by atoms with van der Waals surface area (Å²) in [6.07, 6.45) is 8.86. The Hall–Kier alpha value is -2.03. The highest BCUT2D eigenvalue weighted by molar-refractivity contribution is 5.65. The average Bonchev–Trinajstić information content (AvgIpc) is 2.71. The van der Waals surface area contributed by atoms with Gasteiger partial charge in [0.05, 0.1) is 0 Å². The van der Waals surface area contributed by atoms with Crippen LogP contribution in [0.5, 0.6) is 0 Å². The van der Waals surface area contributed by atoms with E-state index >= 15 is 0 Å². The van der Waals surface area contributed by atoms with Gasteiger partial charge in [0.25, 0.3) is 0 Å². The van der Waals surface area contributed by atoms with E-state index in [1.165, 1.54) is 44.4 Å². The van der Waals surface area contributed by atoms with Crippen LogP contribution in [0.4, 0.5) is 13.2 Å². The molecule has 0 aromatic heterocycles. The first-order valence-corrected chi connectivity index (χ1v) is 10.3. The summed E-state index contributed by atoms with van der Waals surface area (Å²) < 4.78 is 43.1. The lowest BCUT2D eigenvalue weighted by Crippen LogP contribution is -2.30. The second-order valence-electron chi connectivity index (χ2n) is 8.63. The smallest absolute Gasteiger partial charge is 0.166 e. The molecule has 2 aromatic rings. The van der Waals surface area contributed by atoms with Crippen molar-refractivity contribution in [3.63, 3.8) is 0 Å². The normalized spacial score (nSPS) is 27.3. The van der Waals surface area contributed by atoms with Gasteiger partial charge in [-0.05, 0) is 91.9 Å². The molecular weight excluding hydrogens is 357 g/mol. The van der Waals surface area contributed by atoms with E-state index in [1.807, 2.05) is 0 Å². The molecule has 2 aliphatic carbocycles. The molecule has 0 saturated heterocycles. The highest BCUT2D eigenvalue weighted by atomic mass is 19.2. The van der Waals surface area contributed by atoms with E-state index < -0.39 is 11.6 Å². The van der Waals surface area contributed by atoms with Crippen LogP contribution >= 0.6 is 0 Å². The molecule has 0 spiro atoms. The Balaban J connectivity index is 1.55. The largest absolute Gasteiger partial charge is 0.207 e.